The second-order valence-corrected chi connectivity index (χ2v) is 9.66. The standard InChI is InChI=1S/C28H31NO3/c30-27(31)6-3-17-29-19-23-12-9-22(18-26(23)28(20-29)15-16-28)8-7-21-10-13-25(14-11-21)32-24-4-1-2-5-24/h9-14,18,24H,1-6,15-17,19-20H2,(H,30,31). The van der Waals surface area contributed by atoms with E-state index in [4.69, 9.17) is 9.84 Å². The SMILES string of the molecule is O=C(O)CCCN1Cc2ccc(C#Cc3ccc(OC4CCCC4)cc3)cc2C2(CC2)C1. The molecule has 1 aliphatic heterocycles. The zero-order valence-corrected chi connectivity index (χ0v) is 18.6. The van der Waals surface area contributed by atoms with Crippen LogP contribution in [-0.2, 0) is 16.8 Å². The first-order chi connectivity index (χ1) is 15.6. The molecule has 0 amide bonds. The van der Waals surface area contributed by atoms with Crippen LogP contribution < -0.4 is 4.74 Å². The summed E-state index contributed by atoms with van der Waals surface area (Å²) in [7, 11) is 0. The van der Waals surface area contributed by atoms with Crippen LogP contribution in [0.1, 0.15) is 73.6 Å². The van der Waals surface area contributed by atoms with E-state index in [0.29, 0.717) is 6.10 Å². The zero-order valence-electron chi connectivity index (χ0n) is 18.6. The lowest BCUT2D eigenvalue weighted by Crippen LogP contribution is -2.38. The second kappa shape index (κ2) is 9.00. The van der Waals surface area contributed by atoms with Crippen molar-refractivity contribution in [2.45, 2.75) is 69.4 Å². The van der Waals surface area contributed by atoms with Gasteiger partial charge >= 0.3 is 5.97 Å². The molecule has 166 valence electrons. The Labute approximate surface area is 190 Å². The number of aliphatic carboxylic acids is 1. The van der Waals surface area contributed by atoms with E-state index in [-0.39, 0.29) is 11.8 Å². The topological polar surface area (TPSA) is 49.8 Å². The molecule has 0 radical (unpaired) electrons. The van der Waals surface area contributed by atoms with Crippen molar-refractivity contribution in [2.75, 3.05) is 13.1 Å². The quantitative estimate of drug-likeness (QED) is 0.648. The van der Waals surface area contributed by atoms with Crippen molar-refractivity contribution in [3.05, 3.63) is 64.7 Å². The maximum Gasteiger partial charge on any atom is 0.303 e. The van der Waals surface area contributed by atoms with Crippen molar-refractivity contribution >= 4 is 5.97 Å². The van der Waals surface area contributed by atoms with Crippen LogP contribution in [0.4, 0.5) is 0 Å². The van der Waals surface area contributed by atoms with Crippen LogP contribution in [0.15, 0.2) is 42.5 Å². The fourth-order valence-electron chi connectivity index (χ4n) is 5.25. The summed E-state index contributed by atoms with van der Waals surface area (Å²) in [6, 6.07) is 14.8. The fourth-order valence-corrected chi connectivity index (χ4v) is 5.25. The number of hydrogen-bond donors (Lipinski definition) is 1. The number of ether oxygens (including phenoxy) is 1. The monoisotopic (exact) mass is 429 g/mol. The van der Waals surface area contributed by atoms with Gasteiger partial charge in [-0.1, -0.05) is 17.9 Å². The van der Waals surface area contributed by atoms with Crippen LogP contribution in [0.2, 0.25) is 0 Å². The summed E-state index contributed by atoms with van der Waals surface area (Å²) >= 11 is 0. The maximum absolute atomic E-state index is 10.8. The summed E-state index contributed by atoms with van der Waals surface area (Å²) in [5, 5.41) is 8.91. The summed E-state index contributed by atoms with van der Waals surface area (Å²) in [5.74, 6) is 6.91. The van der Waals surface area contributed by atoms with Crippen LogP contribution >= 0.6 is 0 Å². The zero-order chi connectivity index (χ0) is 22.0. The number of fused-ring (bicyclic) bond motifs is 2. The maximum atomic E-state index is 10.8. The molecule has 2 fully saturated rings. The minimum absolute atomic E-state index is 0.249. The Balaban J connectivity index is 1.25. The molecule has 4 heteroatoms. The number of carboxylic acids is 1. The summed E-state index contributed by atoms with van der Waals surface area (Å²) in [4.78, 5) is 13.3. The molecule has 2 aromatic rings. The van der Waals surface area contributed by atoms with Crippen LogP contribution in [0.25, 0.3) is 0 Å². The van der Waals surface area contributed by atoms with Gasteiger partial charge in [0.2, 0.25) is 0 Å². The van der Waals surface area contributed by atoms with E-state index in [1.165, 1.54) is 49.7 Å². The van der Waals surface area contributed by atoms with Gasteiger partial charge in [-0.25, -0.2) is 0 Å². The summed E-state index contributed by atoms with van der Waals surface area (Å²) in [6.07, 6.45) is 8.67. The third-order valence-corrected chi connectivity index (χ3v) is 7.13. The molecule has 1 heterocycles. The Morgan fingerprint density at radius 3 is 2.50 bits per heavy atom. The number of carbonyl (C=O) groups is 1. The molecule has 0 bridgehead atoms. The lowest BCUT2D eigenvalue weighted by Gasteiger charge is -2.35. The summed E-state index contributed by atoms with van der Waals surface area (Å²) < 4.78 is 6.05. The van der Waals surface area contributed by atoms with Crippen LogP contribution in [0.3, 0.4) is 0 Å². The molecule has 2 aromatic carbocycles. The Morgan fingerprint density at radius 2 is 1.78 bits per heavy atom. The lowest BCUT2D eigenvalue weighted by atomic mass is 9.85. The average Bonchev–Trinajstić information content (AvgIpc) is 3.35. The molecule has 0 saturated heterocycles. The van der Waals surface area contributed by atoms with Crippen LogP contribution in [-0.4, -0.2) is 35.2 Å². The van der Waals surface area contributed by atoms with Crippen molar-refractivity contribution in [1.82, 2.24) is 4.90 Å². The molecule has 0 aromatic heterocycles. The Kier molecular flexibility index (Phi) is 5.93. The van der Waals surface area contributed by atoms with Gasteiger partial charge in [0.15, 0.2) is 0 Å². The second-order valence-electron chi connectivity index (χ2n) is 9.66. The predicted octanol–water partition coefficient (Wildman–Crippen LogP) is 5.12. The first kappa shape index (κ1) is 21.1. The van der Waals surface area contributed by atoms with Gasteiger partial charge in [0, 0.05) is 36.1 Å². The normalized spacial score (nSPS) is 19.2. The smallest absolute Gasteiger partial charge is 0.303 e. The number of nitrogens with zero attached hydrogens (tertiary/aromatic N) is 1. The minimum atomic E-state index is -0.706. The first-order valence-corrected chi connectivity index (χ1v) is 12.0. The van der Waals surface area contributed by atoms with E-state index < -0.39 is 5.97 Å². The highest BCUT2D eigenvalue weighted by atomic mass is 16.5. The van der Waals surface area contributed by atoms with Gasteiger partial charge in [0.25, 0.3) is 0 Å². The summed E-state index contributed by atoms with van der Waals surface area (Å²) in [6.45, 7) is 2.81. The number of hydrogen-bond acceptors (Lipinski definition) is 3. The molecule has 2 saturated carbocycles. The Hall–Kier alpha value is -2.77. The lowest BCUT2D eigenvalue weighted by molar-refractivity contribution is -0.137. The minimum Gasteiger partial charge on any atom is -0.490 e. The van der Waals surface area contributed by atoms with Crippen molar-refractivity contribution in [3.8, 4) is 17.6 Å². The fraction of sp³-hybridized carbons (Fsp3) is 0.464. The predicted molar refractivity (Wildman–Crippen MR) is 125 cm³/mol. The van der Waals surface area contributed by atoms with E-state index in [1.54, 1.807) is 0 Å². The average molecular weight is 430 g/mol. The Bertz CT molecular complexity index is 1040. The van der Waals surface area contributed by atoms with Gasteiger partial charge in [-0.05, 0) is 99.0 Å². The molecular weight excluding hydrogens is 398 g/mol. The van der Waals surface area contributed by atoms with Gasteiger partial charge < -0.3 is 9.84 Å². The molecule has 3 aliphatic rings. The van der Waals surface area contributed by atoms with Gasteiger partial charge in [0.05, 0.1) is 6.10 Å². The van der Waals surface area contributed by atoms with Crippen molar-refractivity contribution in [2.24, 2.45) is 0 Å². The van der Waals surface area contributed by atoms with Gasteiger partial charge in [0.1, 0.15) is 5.75 Å². The van der Waals surface area contributed by atoms with Crippen molar-refractivity contribution in [1.29, 1.82) is 0 Å². The van der Waals surface area contributed by atoms with Crippen molar-refractivity contribution in [3.63, 3.8) is 0 Å². The van der Waals surface area contributed by atoms with Crippen LogP contribution in [0, 0.1) is 11.8 Å². The van der Waals surface area contributed by atoms with Gasteiger partial charge in [-0.15, -0.1) is 0 Å². The molecule has 0 atom stereocenters. The molecule has 4 nitrogen and oxygen atoms in total. The third-order valence-electron chi connectivity index (χ3n) is 7.13. The first-order valence-electron chi connectivity index (χ1n) is 12.0. The largest absolute Gasteiger partial charge is 0.490 e. The third kappa shape index (κ3) is 4.84. The molecule has 32 heavy (non-hydrogen) atoms. The highest BCUT2D eigenvalue weighted by molar-refractivity contribution is 5.66. The van der Waals surface area contributed by atoms with E-state index >= 15 is 0 Å². The van der Waals surface area contributed by atoms with E-state index in [2.05, 4.69) is 34.9 Å². The van der Waals surface area contributed by atoms with E-state index in [0.717, 1.165) is 42.9 Å². The molecule has 1 N–H and O–H groups in total. The molecule has 1 spiro atoms. The molecular formula is C28H31NO3. The number of rotatable bonds is 6. The molecule has 5 rings (SSSR count). The van der Waals surface area contributed by atoms with Gasteiger partial charge in [-0.3, -0.25) is 9.69 Å². The van der Waals surface area contributed by atoms with Crippen LogP contribution in [0.5, 0.6) is 5.75 Å². The van der Waals surface area contributed by atoms with E-state index in [1.807, 2.05) is 24.3 Å². The highest BCUT2D eigenvalue weighted by Crippen LogP contribution is 2.52. The van der Waals surface area contributed by atoms with Gasteiger partial charge in [-0.2, -0.15) is 0 Å². The highest BCUT2D eigenvalue weighted by Gasteiger charge is 2.48. The summed E-state index contributed by atoms with van der Waals surface area (Å²) in [5.41, 5.74) is 5.17. The van der Waals surface area contributed by atoms with Crippen molar-refractivity contribution < 1.29 is 14.6 Å². The molecule has 2 aliphatic carbocycles. The number of benzene rings is 2. The number of carboxylic acid groups (broad SMARTS) is 1. The molecule has 0 unspecified atom stereocenters. The Morgan fingerprint density at radius 1 is 1.06 bits per heavy atom. The van der Waals surface area contributed by atoms with E-state index in [9.17, 15) is 4.79 Å².